The molecular formula is C26H35N5O4. The van der Waals surface area contributed by atoms with Gasteiger partial charge in [-0.1, -0.05) is 57.0 Å². The topological polar surface area (TPSA) is 121 Å². The zero-order valence-corrected chi connectivity index (χ0v) is 20.5. The number of nitrogens with one attached hydrogen (secondary N) is 1. The molecule has 35 heavy (non-hydrogen) atoms. The van der Waals surface area contributed by atoms with Gasteiger partial charge in [-0.05, 0) is 30.7 Å². The van der Waals surface area contributed by atoms with Crippen molar-refractivity contribution in [2.75, 3.05) is 23.7 Å². The smallest absolute Gasteiger partial charge is 0.330 e. The number of nitrogen functional groups attached to an aromatic ring is 1. The third-order valence-corrected chi connectivity index (χ3v) is 7.14. The highest BCUT2D eigenvalue weighted by molar-refractivity contribution is 6.00. The highest BCUT2D eigenvalue weighted by atomic mass is 16.2. The fourth-order valence-electron chi connectivity index (χ4n) is 5.17. The first-order chi connectivity index (χ1) is 16.8. The van der Waals surface area contributed by atoms with E-state index in [9.17, 15) is 19.2 Å². The summed E-state index contributed by atoms with van der Waals surface area (Å²) in [4.78, 5) is 57.8. The number of nitrogens with zero attached hydrogens (tertiary/aromatic N) is 3. The Morgan fingerprint density at radius 1 is 1.14 bits per heavy atom. The maximum Gasteiger partial charge on any atom is 0.330 e. The lowest BCUT2D eigenvalue weighted by Gasteiger charge is -2.28. The van der Waals surface area contributed by atoms with Crippen molar-refractivity contribution in [3.8, 4) is 0 Å². The van der Waals surface area contributed by atoms with Crippen molar-refractivity contribution in [3.05, 3.63) is 56.7 Å². The first-order valence-electron chi connectivity index (χ1n) is 12.5. The van der Waals surface area contributed by atoms with E-state index in [4.69, 9.17) is 5.73 Å². The minimum atomic E-state index is -0.689. The highest BCUT2D eigenvalue weighted by Gasteiger charge is 2.41. The van der Waals surface area contributed by atoms with Crippen molar-refractivity contribution >= 4 is 23.3 Å². The van der Waals surface area contributed by atoms with E-state index in [1.807, 2.05) is 49.1 Å². The van der Waals surface area contributed by atoms with Crippen LogP contribution in [0.25, 0.3) is 0 Å². The Hall–Kier alpha value is -3.36. The van der Waals surface area contributed by atoms with Crippen LogP contribution in [-0.2, 0) is 16.1 Å². The molecule has 1 unspecified atom stereocenters. The summed E-state index contributed by atoms with van der Waals surface area (Å²) in [6, 6.07) is 9.51. The monoisotopic (exact) mass is 481 g/mol. The normalized spacial score (nSPS) is 18.5. The minimum Gasteiger partial charge on any atom is -0.383 e. The Morgan fingerprint density at radius 2 is 1.83 bits per heavy atom. The third-order valence-electron chi connectivity index (χ3n) is 7.14. The van der Waals surface area contributed by atoms with Crippen molar-refractivity contribution in [3.63, 3.8) is 0 Å². The molecule has 2 fully saturated rings. The summed E-state index contributed by atoms with van der Waals surface area (Å²) in [6.07, 6.45) is 4.93. The van der Waals surface area contributed by atoms with E-state index in [1.54, 1.807) is 0 Å². The van der Waals surface area contributed by atoms with Crippen molar-refractivity contribution in [1.29, 1.82) is 0 Å². The fourth-order valence-corrected chi connectivity index (χ4v) is 5.17. The van der Waals surface area contributed by atoms with E-state index in [1.165, 1.54) is 9.47 Å². The second kappa shape index (κ2) is 10.5. The van der Waals surface area contributed by atoms with Gasteiger partial charge in [-0.15, -0.1) is 0 Å². The number of rotatable bonds is 8. The Bertz CT molecular complexity index is 1180. The van der Waals surface area contributed by atoms with Gasteiger partial charge in [0.15, 0.2) is 5.69 Å². The van der Waals surface area contributed by atoms with Gasteiger partial charge in [0.25, 0.3) is 5.56 Å². The van der Waals surface area contributed by atoms with Gasteiger partial charge in [0.05, 0.1) is 12.5 Å². The van der Waals surface area contributed by atoms with Crippen molar-refractivity contribution in [1.82, 2.24) is 14.5 Å². The van der Waals surface area contributed by atoms with Crippen LogP contribution in [0, 0.1) is 11.8 Å². The van der Waals surface area contributed by atoms with Crippen LogP contribution >= 0.6 is 0 Å². The maximum absolute atomic E-state index is 13.8. The average molecular weight is 482 g/mol. The molecule has 9 heteroatoms. The molecule has 9 nitrogen and oxygen atoms in total. The molecule has 2 aromatic rings. The second-order valence-corrected chi connectivity index (χ2v) is 10.1. The van der Waals surface area contributed by atoms with E-state index in [2.05, 4.69) is 4.98 Å². The molecule has 1 aromatic carbocycles. The quantitative estimate of drug-likeness (QED) is 0.599. The second-order valence-electron chi connectivity index (χ2n) is 10.1. The first-order valence-corrected chi connectivity index (χ1v) is 12.5. The van der Waals surface area contributed by atoms with Crippen molar-refractivity contribution < 1.29 is 9.59 Å². The molecule has 1 aromatic heterocycles. The number of carbonyl (C=O) groups excluding carboxylic acids is 2. The van der Waals surface area contributed by atoms with E-state index in [-0.39, 0.29) is 54.8 Å². The number of aromatic nitrogens is 2. The Kier molecular flexibility index (Phi) is 7.42. The number of amides is 2. The number of nitrogens with two attached hydrogens (primary N) is 1. The van der Waals surface area contributed by atoms with Crippen LogP contribution in [0.2, 0.25) is 0 Å². The number of hydrogen-bond acceptors (Lipinski definition) is 5. The summed E-state index contributed by atoms with van der Waals surface area (Å²) in [5.41, 5.74) is 5.91. The van der Waals surface area contributed by atoms with E-state index < -0.39 is 17.2 Å². The largest absolute Gasteiger partial charge is 0.383 e. The summed E-state index contributed by atoms with van der Waals surface area (Å²) in [7, 11) is 0. The summed E-state index contributed by atoms with van der Waals surface area (Å²) in [5.74, 6) is -0.599. The Balaban J connectivity index is 1.67. The number of aromatic amines is 1. The number of likely N-dealkylation sites (tertiary alicyclic amines) is 1. The molecule has 1 saturated carbocycles. The van der Waals surface area contributed by atoms with Crippen LogP contribution in [0.5, 0.6) is 0 Å². The molecule has 3 N–H and O–H groups in total. The number of hydrogen-bond donors (Lipinski definition) is 2. The van der Waals surface area contributed by atoms with E-state index in [0.29, 0.717) is 13.0 Å². The van der Waals surface area contributed by atoms with E-state index in [0.717, 1.165) is 31.2 Å². The number of anilines is 2. The number of benzene rings is 1. The van der Waals surface area contributed by atoms with Gasteiger partial charge in [0, 0.05) is 25.6 Å². The standard InChI is InChI=1S/C26H35N5O4/c1-17(2)12-13-29(25(34)19-14-21(32)30(16-19)20-10-6-7-11-20)22-23(27)31(26(35)28-24(22)33)15-18-8-4-3-5-9-18/h3-5,8-9,17,19-20H,6-7,10-16,27H2,1-2H3,(H,28,33,35). The molecular weight excluding hydrogens is 446 g/mol. The molecule has 2 heterocycles. The fraction of sp³-hybridized carbons (Fsp3) is 0.538. The van der Waals surface area contributed by atoms with Gasteiger partial charge in [-0.3, -0.25) is 23.9 Å². The molecule has 0 spiro atoms. The molecule has 1 aliphatic carbocycles. The van der Waals surface area contributed by atoms with Crippen LogP contribution in [0.15, 0.2) is 39.9 Å². The Morgan fingerprint density at radius 3 is 2.49 bits per heavy atom. The summed E-state index contributed by atoms with van der Waals surface area (Å²) < 4.78 is 1.28. The summed E-state index contributed by atoms with van der Waals surface area (Å²) in [5, 5.41) is 0. The molecule has 1 atom stereocenters. The van der Waals surface area contributed by atoms with Gasteiger partial charge in [0.2, 0.25) is 11.8 Å². The molecule has 1 saturated heterocycles. The highest BCUT2D eigenvalue weighted by Crippen LogP contribution is 2.31. The van der Waals surface area contributed by atoms with Crippen LogP contribution in [0.1, 0.15) is 57.9 Å². The predicted octanol–water partition coefficient (Wildman–Crippen LogP) is 2.34. The molecule has 0 radical (unpaired) electrons. The molecule has 2 amide bonds. The molecule has 4 rings (SSSR count). The molecule has 0 bridgehead atoms. The zero-order chi connectivity index (χ0) is 25.1. The minimum absolute atomic E-state index is 0.00464. The third kappa shape index (κ3) is 5.33. The molecule has 188 valence electrons. The van der Waals surface area contributed by atoms with Crippen LogP contribution < -0.4 is 21.9 Å². The maximum atomic E-state index is 13.8. The van der Waals surface area contributed by atoms with Gasteiger partial charge in [0.1, 0.15) is 5.82 Å². The van der Waals surface area contributed by atoms with Crippen molar-refractivity contribution in [2.45, 2.75) is 65.0 Å². The zero-order valence-electron chi connectivity index (χ0n) is 20.5. The number of carbonyl (C=O) groups is 2. The van der Waals surface area contributed by atoms with Gasteiger partial charge in [-0.25, -0.2) is 4.79 Å². The van der Waals surface area contributed by atoms with Gasteiger partial charge in [-0.2, -0.15) is 0 Å². The van der Waals surface area contributed by atoms with Crippen molar-refractivity contribution in [2.24, 2.45) is 11.8 Å². The Labute approximate surface area is 204 Å². The predicted molar refractivity (Wildman–Crippen MR) is 135 cm³/mol. The van der Waals surface area contributed by atoms with Gasteiger partial charge >= 0.3 is 5.69 Å². The van der Waals surface area contributed by atoms with Gasteiger partial charge < -0.3 is 15.5 Å². The molecule has 1 aliphatic heterocycles. The lowest BCUT2D eigenvalue weighted by atomic mass is 10.0. The van der Waals surface area contributed by atoms with E-state index >= 15 is 0 Å². The first kappa shape index (κ1) is 24.8. The lowest BCUT2D eigenvalue weighted by Crippen LogP contribution is -2.45. The van der Waals surface area contributed by atoms with Crippen LogP contribution in [-0.4, -0.2) is 45.4 Å². The van der Waals surface area contributed by atoms with Crippen LogP contribution in [0.4, 0.5) is 11.5 Å². The van der Waals surface area contributed by atoms with Crippen LogP contribution in [0.3, 0.4) is 0 Å². The number of H-pyrrole nitrogens is 1. The molecule has 2 aliphatic rings. The average Bonchev–Trinajstić information content (AvgIpc) is 3.48. The summed E-state index contributed by atoms with van der Waals surface area (Å²) >= 11 is 0. The SMILES string of the molecule is CC(C)CCN(C(=O)C1CC(=O)N(C2CCCC2)C1)c1c(N)n(Cc2ccccc2)c(=O)[nH]c1=O. The summed E-state index contributed by atoms with van der Waals surface area (Å²) in [6.45, 7) is 4.88. The lowest BCUT2D eigenvalue weighted by molar-refractivity contribution is -0.130.